The molecule has 0 saturated carbocycles. The highest BCUT2D eigenvalue weighted by Gasteiger charge is 2.21. The molecule has 1 amide bonds. The maximum absolute atomic E-state index is 11.6. The van der Waals surface area contributed by atoms with Gasteiger partial charge in [-0.15, -0.1) is 0 Å². The lowest BCUT2D eigenvalue weighted by molar-refractivity contribution is -0.121. The smallest absolute Gasteiger partial charge is 0.220 e. The van der Waals surface area contributed by atoms with Gasteiger partial charge in [-0.05, 0) is 37.3 Å². The van der Waals surface area contributed by atoms with Crippen LogP contribution in [0.2, 0.25) is 0 Å². The molecule has 1 aliphatic carbocycles. The normalized spacial score (nSPS) is 19.3. The first-order valence-electron chi connectivity index (χ1n) is 6.77. The number of aryl methyl sites for hydroxylation is 1. The van der Waals surface area contributed by atoms with Crippen molar-refractivity contribution in [3.05, 3.63) is 35.4 Å². The fraction of sp³-hybridized carbons (Fsp3) is 0.533. The monoisotopic (exact) mass is 246 g/mol. The van der Waals surface area contributed by atoms with Crippen molar-refractivity contribution in [1.29, 1.82) is 0 Å². The predicted octanol–water partition coefficient (Wildman–Crippen LogP) is 1.96. The lowest BCUT2D eigenvalue weighted by Gasteiger charge is -2.13. The number of fused-ring (bicyclic) bond motifs is 1. The van der Waals surface area contributed by atoms with Gasteiger partial charge in [-0.25, -0.2) is 0 Å². The van der Waals surface area contributed by atoms with Gasteiger partial charge in [-0.3, -0.25) is 4.79 Å². The third-order valence-electron chi connectivity index (χ3n) is 3.63. The Morgan fingerprint density at radius 1 is 1.50 bits per heavy atom. The first kappa shape index (κ1) is 13.1. The van der Waals surface area contributed by atoms with Crippen molar-refractivity contribution in [2.75, 3.05) is 6.54 Å². The topological polar surface area (TPSA) is 55.1 Å². The summed E-state index contributed by atoms with van der Waals surface area (Å²) in [7, 11) is 0. The first-order chi connectivity index (χ1) is 8.66. The molecule has 98 valence electrons. The molecule has 3 nitrogen and oxygen atoms in total. The van der Waals surface area contributed by atoms with Gasteiger partial charge in [-0.1, -0.05) is 24.3 Å². The number of benzene rings is 1. The van der Waals surface area contributed by atoms with E-state index in [1.807, 2.05) is 6.92 Å². The number of hydrogen-bond acceptors (Lipinski definition) is 2. The van der Waals surface area contributed by atoms with Gasteiger partial charge in [0.2, 0.25) is 5.91 Å². The highest BCUT2D eigenvalue weighted by atomic mass is 16.1. The Hall–Kier alpha value is -1.35. The second-order valence-corrected chi connectivity index (χ2v) is 5.25. The molecular weight excluding hydrogens is 224 g/mol. The SMILES string of the molecule is CC(N)CCC(=O)NCC1CCc2ccccc21. The average Bonchev–Trinajstić information content (AvgIpc) is 2.77. The molecule has 0 aliphatic heterocycles. The molecule has 1 aromatic carbocycles. The van der Waals surface area contributed by atoms with Crippen LogP contribution in [0.1, 0.15) is 43.2 Å². The van der Waals surface area contributed by atoms with Crippen LogP contribution in [-0.2, 0) is 11.2 Å². The van der Waals surface area contributed by atoms with Crippen LogP contribution in [-0.4, -0.2) is 18.5 Å². The number of rotatable bonds is 5. The van der Waals surface area contributed by atoms with Crippen LogP contribution in [0, 0.1) is 0 Å². The summed E-state index contributed by atoms with van der Waals surface area (Å²) in [4.78, 5) is 11.6. The van der Waals surface area contributed by atoms with E-state index in [1.54, 1.807) is 0 Å². The van der Waals surface area contributed by atoms with Crippen LogP contribution in [0.15, 0.2) is 24.3 Å². The number of carbonyl (C=O) groups excluding carboxylic acids is 1. The summed E-state index contributed by atoms with van der Waals surface area (Å²) >= 11 is 0. The molecule has 0 spiro atoms. The summed E-state index contributed by atoms with van der Waals surface area (Å²) in [6.07, 6.45) is 3.57. The molecule has 1 aromatic rings. The van der Waals surface area contributed by atoms with Gasteiger partial charge in [0.05, 0.1) is 0 Å². The molecule has 2 atom stereocenters. The van der Waals surface area contributed by atoms with Crippen molar-refractivity contribution in [1.82, 2.24) is 5.32 Å². The summed E-state index contributed by atoms with van der Waals surface area (Å²) < 4.78 is 0. The van der Waals surface area contributed by atoms with E-state index in [2.05, 4.69) is 29.6 Å². The molecule has 0 fully saturated rings. The van der Waals surface area contributed by atoms with Crippen molar-refractivity contribution < 1.29 is 4.79 Å². The first-order valence-corrected chi connectivity index (χ1v) is 6.77. The maximum Gasteiger partial charge on any atom is 0.220 e. The second kappa shape index (κ2) is 6.01. The Morgan fingerprint density at radius 2 is 2.28 bits per heavy atom. The summed E-state index contributed by atoms with van der Waals surface area (Å²) in [5.74, 6) is 0.608. The minimum absolute atomic E-state index is 0.1000. The van der Waals surface area contributed by atoms with Crippen molar-refractivity contribution in [2.45, 2.75) is 44.6 Å². The van der Waals surface area contributed by atoms with E-state index in [1.165, 1.54) is 11.1 Å². The van der Waals surface area contributed by atoms with E-state index in [-0.39, 0.29) is 11.9 Å². The van der Waals surface area contributed by atoms with Gasteiger partial charge in [0.25, 0.3) is 0 Å². The van der Waals surface area contributed by atoms with Crippen molar-refractivity contribution in [3.8, 4) is 0 Å². The fourth-order valence-corrected chi connectivity index (χ4v) is 2.54. The van der Waals surface area contributed by atoms with E-state index >= 15 is 0 Å². The number of amides is 1. The van der Waals surface area contributed by atoms with Crippen LogP contribution < -0.4 is 11.1 Å². The molecule has 2 unspecified atom stereocenters. The molecule has 0 bridgehead atoms. The number of nitrogens with two attached hydrogens (primary N) is 1. The predicted molar refractivity (Wildman–Crippen MR) is 73.4 cm³/mol. The zero-order valence-corrected chi connectivity index (χ0v) is 11.0. The molecule has 0 aromatic heterocycles. The van der Waals surface area contributed by atoms with Gasteiger partial charge in [0, 0.05) is 24.9 Å². The van der Waals surface area contributed by atoms with Crippen LogP contribution in [0.4, 0.5) is 0 Å². The minimum atomic E-state index is 0.1000. The third kappa shape index (κ3) is 3.33. The summed E-state index contributed by atoms with van der Waals surface area (Å²) in [5.41, 5.74) is 8.49. The quantitative estimate of drug-likeness (QED) is 0.834. The number of hydrogen-bond donors (Lipinski definition) is 2. The lowest BCUT2D eigenvalue weighted by atomic mass is 10.0. The van der Waals surface area contributed by atoms with Gasteiger partial charge >= 0.3 is 0 Å². The zero-order valence-electron chi connectivity index (χ0n) is 11.0. The van der Waals surface area contributed by atoms with Crippen LogP contribution >= 0.6 is 0 Å². The Bertz CT molecular complexity index is 415. The molecule has 3 heteroatoms. The van der Waals surface area contributed by atoms with E-state index in [9.17, 15) is 4.79 Å². The van der Waals surface area contributed by atoms with E-state index in [0.717, 1.165) is 25.8 Å². The number of carbonyl (C=O) groups is 1. The highest BCUT2D eigenvalue weighted by Crippen LogP contribution is 2.32. The molecule has 3 N–H and O–H groups in total. The Kier molecular flexibility index (Phi) is 4.37. The highest BCUT2D eigenvalue weighted by molar-refractivity contribution is 5.76. The Labute approximate surface area is 109 Å². The van der Waals surface area contributed by atoms with E-state index < -0.39 is 0 Å². The molecule has 0 heterocycles. The molecule has 1 aliphatic rings. The summed E-state index contributed by atoms with van der Waals surface area (Å²) in [6, 6.07) is 8.63. The van der Waals surface area contributed by atoms with Gasteiger partial charge < -0.3 is 11.1 Å². The van der Waals surface area contributed by atoms with Crippen LogP contribution in [0.5, 0.6) is 0 Å². The molecule has 18 heavy (non-hydrogen) atoms. The number of nitrogens with one attached hydrogen (secondary N) is 1. The van der Waals surface area contributed by atoms with Crippen molar-refractivity contribution in [3.63, 3.8) is 0 Å². The summed E-state index contributed by atoms with van der Waals surface area (Å²) in [5, 5.41) is 3.03. The molecule has 0 saturated heterocycles. The van der Waals surface area contributed by atoms with Crippen LogP contribution in [0.3, 0.4) is 0 Å². The van der Waals surface area contributed by atoms with Crippen LogP contribution in [0.25, 0.3) is 0 Å². The van der Waals surface area contributed by atoms with Gasteiger partial charge in [0.1, 0.15) is 0 Å². The van der Waals surface area contributed by atoms with Crippen molar-refractivity contribution in [2.24, 2.45) is 5.73 Å². The minimum Gasteiger partial charge on any atom is -0.355 e. The molecule has 0 radical (unpaired) electrons. The summed E-state index contributed by atoms with van der Waals surface area (Å²) in [6.45, 7) is 2.69. The average molecular weight is 246 g/mol. The zero-order chi connectivity index (χ0) is 13.0. The Balaban J connectivity index is 1.80. The van der Waals surface area contributed by atoms with E-state index in [0.29, 0.717) is 12.3 Å². The molecular formula is C15H22N2O. The lowest BCUT2D eigenvalue weighted by Crippen LogP contribution is -2.29. The third-order valence-corrected chi connectivity index (χ3v) is 3.63. The molecule has 2 rings (SSSR count). The maximum atomic E-state index is 11.6. The largest absolute Gasteiger partial charge is 0.355 e. The van der Waals surface area contributed by atoms with Crippen molar-refractivity contribution >= 4 is 5.91 Å². The van der Waals surface area contributed by atoms with E-state index in [4.69, 9.17) is 5.73 Å². The van der Waals surface area contributed by atoms with Gasteiger partial charge in [-0.2, -0.15) is 0 Å². The Morgan fingerprint density at radius 3 is 3.06 bits per heavy atom. The standard InChI is InChI=1S/C15H22N2O/c1-11(16)6-9-15(18)17-10-13-8-7-12-4-2-3-5-14(12)13/h2-5,11,13H,6-10,16H2,1H3,(H,17,18). The van der Waals surface area contributed by atoms with Gasteiger partial charge in [0.15, 0.2) is 0 Å². The second-order valence-electron chi connectivity index (χ2n) is 5.25. The fourth-order valence-electron chi connectivity index (χ4n) is 2.54.